The van der Waals surface area contributed by atoms with Gasteiger partial charge in [0, 0.05) is 18.2 Å². The Balaban J connectivity index is 1.73. The van der Waals surface area contributed by atoms with Crippen LogP contribution >= 0.6 is 0 Å². The van der Waals surface area contributed by atoms with Gasteiger partial charge in [-0.2, -0.15) is 13.2 Å². The highest BCUT2D eigenvalue weighted by molar-refractivity contribution is 5.79. The highest BCUT2D eigenvalue weighted by Crippen LogP contribution is 2.39. The summed E-state index contributed by atoms with van der Waals surface area (Å²) in [6, 6.07) is 5.68. The fourth-order valence-corrected chi connectivity index (χ4v) is 3.98. The third kappa shape index (κ3) is 3.32. The molecule has 3 aromatic rings. The second-order valence-electron chi connectivity index (χ2n) is 7.43. The van der Waals surface area contributed by atoms with Gasteiger partial charge in [-0.05, 0) is 63.2 Å². The van der Waals surface area contributed by atoms with E-state index >= 15 is 0 Å². The van der Waals surface area contributed by atoms with Gasteiger partial charge in [-0.15, -0.1) is 0 Å². The van der Waals surface area contributed by atoms with Crippen LogP contribution in [0.2, 0.25) is 0 Å². The molecule has 28 heavy (non-hydrogen) atoms. The number of aromatic hydroxyl groups is 1. The van der Waals surface area contributed by atoms with E-state index in [9.17, 15) is 18.3 Å². The molecular weight excluding hydrogens is 369 g/mol. The van der Waals surface area contributed by atoms with Crippen LogP contribution in [0.5, 0.6) is 5.75 Å². The highest BCUT2D eigenvalue weighted by atomic mass is 19.4. The van der Waals surface area contributed by atoms with Crippen molar-refractivity contribution < 1.29 is 18.3 Å². The number of fused-ring (bicyclic) bond motifs is 1. The van der Waals surface area contributed by atoms with E-state index in [1.165, 1.54) is 6.92 Å². The SMILES string of the molecule is Cc1cc(C(F)(F)F)cc(O)c1-c1ccc2c(ncn2[C@@H]2CCCN(C)C2)n1. The number of piperidine rings is 1. The van der Waals surface area contributed by atoms with E-state index in [2.05, 4.69) is 26.5 Å². The van der Waals surface area contributed by atoms with Crippen molar-refractivity contribution in [3.05, 3.63) is 41.7 Å². The third-order valence-corrected chi connectivity index (χ3v) is 5.33. The van der Waals surface area contributed by atoms with Gasteiger partial charge in [0.25, 0.3) is 0 Å². The van der Waals surface area contributed by atoms with Crippen LogP contribution in [-0.2, 0) is 6.18 Å². The Morgan fingerprint density at radius 2 is 2.00 bits per heavy atom. The molecule has 0 saturated carbocycles. The molecule has 1 fully saturated rings. The molecule has 1 aliphatic heterocycles. The van der Waals surface area contributed by atoms with Crippen molar-refractivity contribution in [3.63, 3.8) is 0 Å². The average Bonchev–Trinajstić information content (AvgIpc) is 3.03. The maximum Gasteiger partial charge on any atom is 0.416 e. The summed E-state index contributed by atoms with van der Waals surface area (Å²) in [6.45, 7) is 3.55. The summed E-state index contributed by atoms with van der Waals surface area (Å²) in [5, 5.41) is 10.2. The predicted octanol–water partition coefficient (Wildman–Crippen LogP) is 4.40. The van der Waals surface area contributed by atoms with Gasteiger partial charge in [-0.1, -0.05) is 0 Å². The standard InChI is InChI=1S/C20H21F3N4O/c1-12-8-13(20(21,22)23)9-17(28)18(12)15-5-6-16-19(25-15)24-11-27(16)14-4-3-7-26(2)10-14/h5-6,8-9,11,14,28H,3-4,7,10H2,1-2H3/t14-/m1/s1. The molecule has 0 radical (unpaired) electrons. The summed E-state index contributed by atoms with van der Waals surface area (Å²) in [5.41, 5.74) is 1.53. The fourth-order valence-electron chi connectivity index (χ4n) is 3.98. The third-order valence-electron chi connectivity index (χ3n) is 5.33. The molecule has 0 aliphatic carbocycles. The number of likely N-dealkylation sites (N-methyl/N-ethyl adjacent to an activating group) is 1. The number of likely N-dealkylation sites (tertiary alicyclic amines) is 1. The topological polar surface area (TPSA) is 54.2 Å². The number of phenolic OH excluding ortho intramolecular Hbond substituents is 1. The van der Waals surface area contributed by atoms with E-state index in [0.29, 0.717) is 28.5 Å². The first-order valence-corrected chi connectivity index (χ1v) is 9.17. The molecule has 0 spiro atoms. The van der Waals surface area contributed by atoms with E-state index in [0.717, 1.165) is 43.6 Å². The van der Waals surface area contributed by atoms with Crippen molar-refractivity contribution in [2.24, 2.45) is 0 Å². The molecule has 1 aliphatic rings. The summed E-state index contributed by atoms with van der Waals surface area (Å²) >= 11 is 0. The molecule has 8 heteroatoms. The number of aromatic nitrogens is 3. The molecule has 0 bridgehead atoms. The number of benzene rings is 1. The first-order chi connectivity index (χ1) is 13.2. The van der Waals surface area contributed by atoms with Crippen molar-refractivity contribution in [2.45, 2.75) is 32.0 Å². The minimum absolute atomic E-state index is 0.293. The number of rotatable bonds is 2. The van der Waals surface area contributed by atoms with Gasteiger partial charge in [-0.3, -0.25) is 0 Å². The molecule has 148 valence electrons. The zero-order valence-electron chi connectivity index (χ0n) is 15.7. The molecule has 1 aromatic carbocycles. The van der Waals surface area contributed by atoms with Crippen LogP contribution in [0.3, 0.4) is 0 Å². The van der Waals surface area contributed by atoms with Gasteiger partial charge in [0.05, 0.1) is 23.1 Å². The number of hydrogen-bond donors (Lipinski definition) is 1. The van der Waals surface area contributed by atoms with Crippen LogP contribution in [0, 0.1) is 6.92 Å². The van der Waals surface area contributed by atoms with E-state index in [-0.39, 0.29) is 0 Å². The van der Waals surface area contributed by atoms with Crippen LogP contribution < -0.4 is 0 Å². The van der Waals surface area contributed by atoms with Crippen LogP contribution in [0.4, 0.5) is 13.2 Å². The molecule has 3 heterocycles. The summed E-state index contributed by atoms with van der Waals surface area (Å²) in [5.74, 6) is -0.437. The van der Waals surface area contributed by atoms with Gasteiger partial charge in [0.15, 0.2) is 5.65 Å². The Bertz CT molecular complexity index is 1000. The van der Waals surface area contributed by atoms with E-state index in [1.807, 2.05) is 6.07 Å². The van der Waals surface area contributed by atoms with E-state index in [1.54, 1.807) is 12.4 Å². The maximum atomic E-state index is 13.0. The summed E-state index contributed by atoms with van der Waals surface area (Å²) < 4.78 is 41.0. The molecule has 1 atom stereocenters. The number of halogens is 3. The van der Waals surface area contributed by atoms with Crippen LogP contribution in [0.1, 0.15) is 30.0 Å². The van der Waals surface area contributed by atoms with Crippen molar-refractivity contribution in [1.82, 2.24) is 19.4 Å². The Labute approximate surface area is 160 Å². The Hall–Kier alpha value is -2.61. The fraction of sp³-hybridized carbons (Fsp3) is 0.400. The summed E-state index contributed by atoms with van der Waals surface area (Å²) in [7, 11) is 2.10. The second kappa shape index (κ2) is 6.77. The number of hydrogen-bond acceptors (Lipinski definition) is 4. The van der Waals surface area contributed by atoms with E-state index < -0.39 is 17.5 Å². The second-order valence-corrected chi connectivity index (χ2v) is 7.43. The number of alkyl halides is 3. The summed E-state index contributed by atoms with van der Waals surface area (Å²) in [4.78, 5) is 11.2. The molecule has 4 rings (SSSR count). The quantitative estimate of drug-likeness (QED) is 0.705. The lowest BCUT2D eigenvalue weighted by atomic mass is 10.00. The molecule has 0 unspecified atom stereocenters. The zero-order valence-corrected chi connectivity index (χ0v) is 15.7. The number of pyridine rings is 1. The molecule has 1 saturated heterocycles. The molecular formula is C20H21F3N4O. The van der Waals surface area contributed by atoms with Crippen LogP contribution in [0.15, 0.2) is 30.6 Å². The Morgan fingerprint density at radius 3 is 2.68 bits per heavy atom. The zero-order chi connectivity index (χ0) is 20.1. The molecule has 2 aromatic heterocycles. The van der Waals surface area contributed by atoms with Crippen molar-refractivity contribution in [2.75, 3.05) is 20.1 Å². The van der Waals surface area contributed by atoms with Gasteiger partial charge >= 0.3 is 6.18 Å². The monoisotopic (exact) mass is 390 g/mol. The van der Waals surface area contributed by atoms with Crippen molar-refractivity contribution in [3.8, 4) is 17.0 Å². The van der Waals surface area contributed by atoms with Gasteiger partial charge < -0.3 is 14.6 Å². The van der Waals surface area contributed by atoms with Gasteiger partial charge in [0.2, 0.25) is 0 Å². The molecule has 0 amide bonds. The largest absolute Gasteiger partial charge is 0.507 e. The lowest BCUT2D eigenvalue weighted by Crippen LogP contribution is -2.33. The number of nitrogens with zero attached hydrogens (tertiary/aromatic N) is 4. The predicted molar refractivity (Wildman–Crippen MR) is 100 cm³/mol. The van der Waals surface area contributed by atoms with Crippen molar-refractivity contribution >= 4 is 11.2 Å². The Kier molecular flexibility index (Phi) is 4.53. The number of aryl methyl sites for hydroxylation is 1. The molecule has 5 nitrogen and oxygen atoms in total. The Morgan fingerprint density at radius 1 is 1.21 bits per heavy atom. The highest BCUT2D eigenvalue weighted by Gasteiger charge is 2.32. The number of imidazole rings is 1. The maximum absolute atomic E-state index is 13.0. The summed E-state index contributed by atoms with van der Waals surface area (Å²) in [6.07, 6.45) is -0.559. The lowest BCUT2D eigenvalue weighted by Gasteiger charge is -2.30. The normalized spacial score (nSPS) is 18.7. The van der Waals surface area contributed by atoms with Crippen LogP contribution in [0.25, 0.3) is 22.4 Å². The lowest BCUT2D eigenvalue weighted by molar-refractivity contribution is -0.137. The first-order valence-electron chi connectivity index (χ1n) is 9.17. The minimum Gasteiger partial charge on any atom is -0.507 e. The van der Waals surface area contributed by atoms with Gasteiger partial charge in [0.1, 0.15) is 5.75 Å². The number of phenols is 1. The van der Waals surface area contributed by atoms with Gasteiger partial charge in [-0.25, -0.2) is 9.97 Å². The van der Waals surface area contributed by atoms with Crippen LogP contribution in [-0.4, -0.2) is 44.7 Å². The average molecular weight is 390 g/mol. The first kappa shape index (κ1) is 18.7. The van der Waals surface area contributed by atoms with E-state index in [4.69, 9.17) is 0 Å². The minimum atomic E-state index is -4.51. The van der Waals surface area contributed by atoms with Crippen molar-refractivity contribution in [1.29, 1.82) is 0 Å². The smallest absolute Gasteiger partial charge is 0.416 e. The molecule has 1 N–H and O–H groups in total.